The molecule has 3 amide bonds. The van der Waals surface area contributed by atoms with Gasteiger partial charge in [-0.15, -0.1) is 0 Å². The van der Waals surface area contributed by atoms with Crippen LogP contribution in [-0.2, 0) is 22.4 Å². The number of carbonyl (C=O) groups is 3. The van der Waals surface area contributed by atoms with E-state index >= 15 is 0 Å². The predicted molar refractivity (Wildman–Crippen MR) is 102 cm³/mol. The summed E-state index contributed by atoms with van der Waals surface area (Å²) in [5, 5.41) is 13.6. The number of urea groups is 1. The molecule has 7 nitrogen and oxygen atoms in total. The van der Waals surface area contributed by atoms with Crippen molar-refractivity contribution in [3.8, 4) is 0 Å². The maximum absolute atomic E-state index is 12.6. The number of rotatable bonds is 6. The van der Waals surface area contributed by atoms with Gasteiger partial charge < -0.3 is 20.6 Å². The van der Waals surface area contributed by atoms with Crippen molar-refractivity contribution >= 4 is 29.3 Å². The molecule has 2 aromatic carbocycles. The smallest absolute Gasteiger partial charge is 0.319 e. The number of amides is 3. The molecule has 0 unspecified atom stereocenters. The first kappa shape index (κ1) is 18.4. The molecule has 0 spiro atoms. The van der Waals surface area contributed by atoms with Crippen LogP contribution in [0.4, 0.5) is 16.2 Å². The first-order valence-corrected chi connectivity index (χ1v) is 8.77. The Labute approximate surface area is 157 Å². The molecule has 0 aromatic heterocycles. The molecule has 2 aromatic rings. The molecular weight excluding hydrogens is 346 g/mol. The quantitative estimate of drug-likeness (QED) is 0.730. The second-order valence-corrected chi connectivity index (χ2v) is 6.32. The number of anilines is 2. The van der Waals surface area contributed by atoms with Crippen molar-refractivity contribution in [3.05, 3.63) is 59.7 Å². The van der Waals surface area contributed by atoms with Gasteiger partial charge in [0.15, 0.2) is 0 Å². The minimum absolute atomic E-state index is 0.0482. The summed E-state index contributed by atoms with van der Waals surface area (Å²) in [5.74, 6) is -0.919. The van der Waals surface area contributed by atoms with Gasteiger partial charge in [-0.1, -0.05) is 30.3 Å². The Bertz CT molecular complexity index is 849. The van der Waals surface area contributed by atoms with E-state index in [1.54, 1.807) is 24.3 Å². The monoisotopic (exact) mass is 367 g/mol. The summed E-state index contributed by atoms with van der Waals surface area (Å²) in [6, 6.07) is 14.5. The van der Waals surface area contributed by atoms with Gasteiger partial charge in [-0.25, -0.2) is 4.79 Å². The molecule has 140 valence electrons. The van der Waals surface area contributed by atoms with E-state index in [4.69, 9.17) is 5.11 Å². The van der Waals surface area contributed by atoms with Crippen LogP contribution in [0.3, 0.4) is 0 Å². The lowest BCUT2D eigenvalue weighted by atomic mass is 10.1. The number of fused-ring (bicyclic) bond motifs is 1. The van der Waals surface area contributed by atoms with Crippen LogP contribution < -0.4 is 15.5 Å². The number of carbonyl (C=O) groups excluding carboxylic acids is 2. The van der Waals surface area contributed by atoms with Gasteiger partial charge in [0.05, 0.1) is 12.8 Å². The molecule has 7 heteroatoms. The summed E-state index contributed by atoms with van der Waals surface area (Å²) in [6.07, 6.45) is 1.04. The van der Waals surface area contributed by atoms with Crippen LogP contribution in [0.5, 0.6) is 0 Å². The van der Waals surface area contributed by atoms with Crippen molar-refractivity contribution in [3.63, 3.8) is 0 Å². The van der Waals surface area contributed by atoms with E-state index in [1.165, 1.54) is 5.56 Å². The molecule has 0 aliphatic carbocycles. The van der Waals surface area contributed by atoms with Gasteiger partial charge in [-0.3, -0.25) is 9.59 Å². The lowest BCUT2D eigenvalue weighted by Gasteiger charge is -2.17. The highest BCUT2D eigenvalue weighted by Crippen LogP contribution is 2.28. The Morgan fingerprint density at radius 3 is 2.52 bits per heavy atom. The molecule has 0 radical (unpaired) electrons. The maximum Gasteiger partial charge on any atom is 0.319 e. The average molecular weight is 367 g/mol. The number of para-hydroxylation sites is 1. The van der Waals surface area contributed by atoms with Gasteiger partial charge in [-0.2, -0.15) is 0 Å². The van der Waals surface area contributed by atoms with Gasteiger partial charge in [0.1, 0.15) is 0 Å². The number of hydrogen-bond acceptors (Lipinski definition) is 3. The number of hydrogen-bond donors (Lipinski definition) is 3. The van der Waals surface area contributed by atoms with Crippen LogP contribution in [0.1, 0.15) is 17.5 Å². The lowest BCUT2D eigenvalue weighted by Crippen LogP contribution is -2.31. The molecule has 1 aliphatic rings. The van der Waals surface area contributed by atoms with Gasteiger partial charge in [0.2, 0.25) is 5.91 Å². The third kappa shape index (κ3) is 4.84. The summed E-state index contributed by atoms with van der Waals surface area (Å²) in [7, 11) is 0. The summed E-state index contributed by atoms with van der Waals surface area (Å²) >= 11 is 0. The highest BCUT2D eigenvalue weighted by Gasteiger charge is 2.23. The van der Waals surface area contributed by atoms with E-state index in [-0.39, 0.29) is 18.9 Å². The van der Waals surface area contributed by atoms with E-state index < -0.39 is 12.0 Å². The molecule has 1 heterocycles. The van der Waals surface area contributed by atoms with Gasteiger partial charge >= 0.3 is 12.0 Å². The zero-order valence-electron chi connectivity index (χ0n) is 14.8. The second kappa shape index (κ2) is 8.35. The Hall–Kier alpha value is -3.35. The fourth-order valence-electron chi connectivity index (χ4n) is 3.03. The summed E-state index contributed by atoms with van der Waals surface area (Å²) < 4.78 is 0. The SMILES string of the molecule is O=C(O)CCNC(=O)Nc1ccc(CC(=O)N2CCc3ccccc32)cc1. The molecule has 0 bridgehead atoms. The fraction of sp³-hybridized carbons (Fsp3) is 0.250. The van der Waals surface area contributed by atoms with Crippen LogP contribution >= 0.6 is 0 Å². The predicted octanol–water partition coefficient (Wildman–Crippen LogP) is 2.41. The standard InChI is InChI=1S/C20H21N3O4/c24-18(23-12-10-15-3-1-2-4-17(15)23)13-14-5-7-16(8-6-14)22-20(27)21-11-9-19(25)26/h1-8H,9-13H2,(H,25,26)(H2,21,22,27). The van der Waals surface area contributed by atoms with Crippen molar-refractivity contribution < 1.29 is 19.5 Å². The van der Waals surface area contributed by atoms with Crippen molar-refractivity contribution in [2.75, 3.05) is 23.3 Å². The summed E-state index contributed by atoms with van der Waals surface area (Å²) in [4.78, 5) is 36.5. The van der Waals surface area contributed by atoms with Crippen LogP contribution in [0.2, 0.25) is 0 Å². The van der Waals surface area contributed by atoms with E-state index in [0.717, 1.165) is 17.7 Å². The zero-order chi connectivity index (χ0) is 19.2. The average Bonchev–Trinajstić information content (AvgIpc) is 3.07. The van der Waals surface area contributed by atoms with Crippen LogP contribution in [-0.4, -0.2) is 36.1 Å². The third-order valence-electron chi connectivity index (χ3n) is 4.38. The van der Waals surface area contributed by atoms with Crippen molar-refractivity contribution in [1.82, 2.24) is 5.32 Å². The number of nitrogens with one attached hydrogen (secondary N) is 2. The molecule has 0 atom stereocenters. The summed E-state index contributed by atoms with van der Waals surface area (Å²) in [5.41, 5.74) is 3.62. The van der Waals surface area contributed by atoms with Crippen molar-refractivity contribution in [2.45, 2.75) is 19.3 Å². The van der Waals surface area contributed by atoms with E-state index in [1.807, 2.05) is 29.2 Å². The zero-order valence-corrected chi connectivity index (χ0v) is 14.8. The lowest BCUT2D eigenvalue weighted by molar-refractivity contribution is -0.136. The number of carboxylic acids is 1. The molecule has 0 fully saturated rings. The van der Waals surface area contributed by atoms with Gasteiger partial charge in [-0.05, 0) is 35.7 Å². The van der Waals surface area contributed by atoms with Crippen LogP contribution in [0.15, 0.2) is 48.5 Å². The molecule has 3 N–H and O–H groups in total. The number of nitrogens with zero attached hydrogens (tertiary/aromatic N) is 1. The topological polar surface area (TPSA) is 98.7 Å². The maximum atomic E-state index is 12.6. The minimum Gasteiger partial charge on any atom is -0.481 e. The van der Waals surface area contributed by atoms with E-state index in [9.17, 15) is 14.4 Å². The molecule has 27 heavy (non-hydrogen) atoms. The van der Waals surface area contributed by atoms with E-state index in [2.05, 4.69) is 10.6 Å². The first-order valence-electron chi connectivity index (χ1n) is 8.77. The normalized spacial score (nSPS) is 12.4. The van der Waals surface area contributed by atoms with Crippen molar-refractivity contribution in [1.29, 1.82) is 0 Å². The second-order valence-electron chi connectivity index (χ2n) is 6.32. The molecular formula is C20H21N3O4. The van der Waals surface area contributed by atoms with E-state index in [0.29, 0.717) is 18.7 Å². The van der Waals surface area contributed by atoms with Gasteiger partial charge in [0, 0.05) is 24.5 Å². The Morgan fingerprint density at radius 2 is 1.78 bits per heavy atom. The third-order valence-corrected chi connectivity index (χ3v) is 4.38. The fourth-order valence-corrected chi connectivity index (χ4v) is 3.03. The highest BCUT2D eigenvalue weighted by atomic mass is 16.4. The number of carboxylic acid groups (broad SMARTS) is 1. The Kier molecular flexibility index (Phi) is 5.71. The molecule has 1 aliphatic heterocycles. The van der Waals surface area contributed by atoms with Crippen molar-refractivity contribution in [2.24, 2.45) is 0 Å². The van der Waals surface area contributed by atoms with Gasteiger partial charge in [0.25, 0.3) is 0 Å². The molecule has 0 saturated carbocycles. The molecule has 0 saturated heterocycles. The number of benzene rings is 2. The largest absolute Gasteiger partial charge is 0.481 e. The van der Waals surface area contributed by atoms with Crippen LogP contribution in [0, 0.1) is 0 Å². The molecule has 3 rings (SSSR count). The number of aliphatic carboxylic acids is 1. The van der Waals surface area contributed by atoms with Crippen LogP contribution in [0.25, 0.3) is 0 Å². The first-order chi connectivity index (χ1) is 13.0. The summed E-state index contributed by atoms with van der Waals surface area (Å²) in [6.45, 7) is 0.763. The highest BCUT2D eigenvalue weighted by molar-refractivity contribution is 5.96. The Balaban J connectivity index is 1.53. The Morgan fingerprint density at radius 1 is 1.04 bits per heavy atom. The minimum atomic E-state index is -0.968.